The van der Waals surface area contributed by atoms with E-state index in [-0.39, 0.29) is 6.54 Å². The maximum Gasteiger partial charge on any atom is 0.330 e. The van der Waals surface area contributed by atoms with E-state index in [4.69, 9.17) is 4.74 Å². The second-order valence-corrected chi connectivity index (χ2v) is 8.54. The van der Waals surface area contributed by atoms with E-state index in [0.29, 0.717) is 23.2 Å². The fraction of sp³-hybridized carbons (Fsp3) is 0.143. The molecule has 5 rings (SSSR count). The summed E-state index contributed by atoms with van der Waals surface area (Å²) < 4.78 is 5.02. The number of esters is 1. The molecule has 0 aliphatic rings. The third-order valence-corrected chi connectivity index (χ3v) is 6.06. The van der Waals surface area contributed by atoms with E-state index in [1.165, 1.54) is 7.11 Å². The highest BCUT2D eigenvalue weighted by molar-refractivity contribution is 6.00. The molecule has 1 atom stereocenters. The average Bonchev–Trinajstić information content (AvgIpc) is 3.43. The molecule has 11 nitrogen and oxygen atoms in total. The molecule has 11 heteroatoms. The number of aromatic amines is 1. The minimum absolute atomic E-state index is 0.0600. The van der Waals surface area contributed by atoms with Crippen molar-refractivity contribution in [3.8, 4) is 11.4 Å². The van der Waals surface area contributed by atoms with E-state index in [2.05, 4.69) is 35.6 Å². The number of methoxy groups -OCH3 is 1. The van der Waals surface area contributed by atoms with Crippen LogP contribution < -0.4 is 15.5 Å². The Kier molecular flexibility index (Phi) is 7.39. The molecule has 1 amide bonds. The van der Waals surface area contributed by atoms with E-state index in [1.54, 1.807) is 54.8 Å². The van der Waals surface area contributed by atoms with Crippen molar-refractivity contribution in [1.82, 2.24) is 30.2 Å². The second-order valence-electron chi connectivity index (χ2n) is 8.54. The number of aromatic nitrogens is 5. The van der Waals surface area contributed by atoms with Crippen molar-refractivity contribution in [3.63, 3.8) is 0 Å². The smallest absolute Gasteiger partial charge is 0.330 e. The predicted octanol–water partition coefficient (Wildman–Crippen LogP) is 3.57. The number of H-pyrrole nitrogens is 1. The zero-order valence-electron chi connectivity index (χ0n) is 21.3. The number of rotatable bonds is 9. The average molecular weight is 523 g/mol. The highest BCUT2D eigenvalue weighted by Gasteiger charge is 2.27. The van der Waals surface area contributed by atoms with Crippen LogP contribution in [0, 0.1) is 0 Å². The molecule has 0 fully saturated rings. The third kappa shape index (κ3) is 5.67. The van der Waals surface area contributed by atoms with E-state index in [0.717, 1.165) is 22.3 Å². The highest BCUT2D eigenvalue weighted by Crippen LogP contribution is 2.25. The monoisotopic (exact) mass is 522 g/mol. The molecule has 0 aliphatic carbocycles. The minimum Gasteiger partial charge on any atom is -0.467 e. The second kappa shape index (κ2) is 11.4. The first-order valence-corrected chi connectivity index (χ1v) is 12.2. The molecule has 0 saturated carbocycles. The van der Waals surface area contributed by atoms with Crippen LogP contribution in [0.25, 0.3) is 22.3 Å². The van der Waals surface area contributed by atoms with Gasteiger partial charge in [0.25, 0.3) is 5.91 Å². The number of hydrogen-bond acceptors (Lipinski definition) is 9. The Labute approximate surface area is 224 Å². The quantitative estimate of drug-likeness (QED) is 0.248. The number of para-hydroxylation sites is 1. The van der Waals surface area contributed by atoms with Gasteiger partial charge in [0.15, 0.2) is 0 Å². The molecule has 0 radical (unpaired) electrons. The lowest BCUT2D eigenvalue weighted by atomic mass is 10.1. The van der Waals surface area contributed by atoms with Crippen LogP contribution in [0.2, 0.25) is 0 Å². The van der Waals surface area contributed by atoms with Crippen LogP contribution in [-0.4, -0.2) is 63.5 Å². The summed E-state index contributed by atoms with van der Waals surface area (Å²) in [7, 11) is 3.04. The maximum absolute atomic E-state index is 13.3. The predicted molar refractivity (Wildman–Crippen MR) is 148 cm³/mol. The summed E-state index contributed by atoms with van der Waals surface area (Å²) in [5.74, 6) is -0.115. The lowest BCUT2D eigenvalue weighted by Gasteiger charge is -2.27. The van der Waals surface area contributed by atoms with Crippen molar-refractivity contribution in [2.75, 3.05) is 30.9 Å². The van der Waals surface area contributed by atoms with Gasteiger partial charge in [-0.25, -0.2) is 24.7 Å². The third-order valence-electron chi connectivity index (χ3n) is 6.06. The number of benzene rings is 2. The number of ether oxygens (including phenoxy) is 1. The zero-order valence-corrected chi connectivity index (χ0v) is 21.3. The summed E-state index contributed by atoms with van der Waals surface area (Å²) in [5, 5.41) is 6.57. The van der Waals surface area contributed by atoms with Crippen LogP contribution >= 0.6 is 0 Å². The number of anilines is 3. The van der Waals surface area contributed by atoms with E-state index < -0.39 is 17.9 Å². The normalized spacial score (nSPS) is 11.5. The number of nitrogens with zero attached hydrogens (tertiary/aromatic N) is 5. The van der Waals surface area contributed by atoms with Gasteiger partial charge in [0.2, 0.25) is 11.9 Å². The van der Waals surface area contributed by atoms with Crippen LogP contribution in [0.3, 0.4) is 0 Å². The Morgan fingerprint density at radius 1 is 0.974 bits per heavy atom. The van der Waals surface area contributed by atoms with Crippen LogP contribution in [0.15, 0.2) is 85.3 Å². The first-order chi connectivity index (χ1) is 19.1. The number of nitrogens with one attached hydrogen (secondary N) is 3. The Morgan fingerprint density at radius 3 is 2.51 bits per heavy atom. The van der Waals surface area contributed by atoms with E-state index in [1.807, 2.05) is 42.5 Å². The minimum atomic E-state index is -0.995. The molecule has 196 valence electrons. The summed E-state index contributed by atoms with van der Waals surface area (Å²) in [6.45, 7) is 0.0600. The number of hydrogen-bond donors (Lipinski definition) is 3. The van der Waals surface area contributed by atoms with Crippen molar-refractivity contribution in [2.45, 2.75) is 6.04 Å². The van der Waals surface area contributed by atoms with Crippen molar-refractivity contribution < 1.29 is 14.3 Å². The van der Waals surface area contributed by atoms with Crippen molar-refractivity contribution in [1.29, 1.82) is 0 Å². The molecule has 0 aliphatic heterocycles. The van der Waals surface area contributed by atoms with Gasteiger partial charge in [-0.3, -0.25) is 4.79 Å². The van der Waals surface area contributed by atoms with Crippen LogP contribution in [0.5, 0.6) is 0 Å². The van der Waals surface area contributed by atoms with Gasteiger partial charge >= 0.3 is 5.97 Å². The molecular formula is C28H26N8O3. The number of carbonyl (C=O) groups is 2. The van der Waals surface area contributed by atoms with Crippen LogP contribution in [0.4, 0.5) is 17.6 Å². The Bertz CT molecular complexity index is 1550. The lowest BCUT2D eigenvalue weighted by molar-refractivity contribution is -0.142. The summed E-state index contributed by atoms with van der Waals surface area (Å²) >= 11 is 0. The maximum atomic E-state index is 13.3. The molecule has 0 saturated heterocycles. The number of carbonyl (C=O) groups excluding carboxylic acids is 2. The molecule has 39 heavy (non-hydrogen) atoms. The fourth-order valence-electron chi connectivity index (χ4n) is 4.13. The van der Waals surface area contributed by atoms with Gasteiger partial charge in [-0.1, -0.05) is 18.2 Å². The van der Waals surface area contributed by atoms with Gasteiger partial charge in [0, 0.05) is 47.8 Å². The molecule has 5 aromatic rings. The van der Waals surface area contributed by atoms with E-state index in [9.17, 15) is 9.59 Å². The van der Waals surface area contributed by atoms with Crippen molar-refractivity contribution >= 4 is 40.4 Å². The number of fused-ring (bicyclic) bond motifs is 1. The van der Waals surface area contributed by atoms with Gasteiger partial charge in [0.05, 0.1) is 25.0 Å². The molecule has 0 spiro atoms. The van der Waals surface area contributed by atoms with E-state index >= 15 is 0 Å². The first-order valence-electron chi connectivity index (χ1n) is 12.2. The van der Waals surface area contributed by atoms with Gasteiger partial charge < -0.3 is 25.3 Å². The summed E-state index contributed by atoms with van der Waals surface area (Å²) in [6, 6.07) is 19.1. The fourth-order valence-corrected chi connectivity index (χ4v) is 4.13. The SMILES string of the molecule is CNc1nccc(-c2cc3cc(C(=O)NC(CN(c4ccccc4)c4ncccn4)C(=O)OC)ccc3[nH]2)n1. The van der Waals surface area contributed by atoms with Gasteiger partial charge in [0.1, 0.15) is 6.04 Å². The molecule has 2 aromatic carbocycles. The van der Waals surface area contributed by atoms with Gasteiger partial charge in [-0.2, -0.15) is 0 Å². The number of amides is 1. The van der Waals surface area contributed by atoms with Gasteiger partial charge in [-0.15, -0.1) is 0 Å². The lowest BCUT2D eigenvalue weighted by Crippen LogP contribution is -2.48. The highest BCUT2D eigenvalue weighted by atomic mass is 16.5. The first kappa shape index (κ1) is 25.3. The van der Waals surface area contributed by atoms with Crippen molar-refractivity contribution in [2.24, 2.45) is 0 Å². The van der Waals surface area contributed by atoms with Crippen molar-refractivity contribution in [3.05, 3.63) is 90.9 Å². The molecular weight excluding hydrogens is 496 g/mol. The molecule has 3 aromatic heterocycles. The van der Waals surface area contributed by atoms with Crippen LogP contribution in [0.1, 0.15) is 10.4 Å². The molecule has 3 N–H and O–H groups in total. The summed E-state index contributed by atoms with van der Waals surface area (Å²) in [4.78, 5) is 48.5. The zero-order chi connectivity index (χ0) is 27.2. The Balaban J connectivity index is 1.40. The molecule has 3 heterocycles. The Morgan fingerprint density at radius 2 is 1.77 bits per heavy atom. The topological polar surface area (TPSA) is 138 Å². The molecule has 1 unspecified atom stereocenters. The van der Waals surface area contributed by atoms with Gasteiger partial charge in [-0.05, 0) is 48.5 Å². The largest absolute Gasteiger partial charge is 0.467 e. The standard InChI is InChI=1S/C28H26N8O3/c1-29-27-30-14-11-22(35-27)23-16-19-15-18(9-10-21(19)33-23)25(37)34-24(26(38)39-2)17-36(20-7-4-3-5-8-20)28-31-12-6-13-32-28/h3-16,24,33H,17H2,1-2H3,(H,34,37)(H,29,30,35). The Hall–Kier alpha value is -5.32. The van der Waals surface area contributed by atoms with Crippen LogP contribution in [-0.2, 0) is 9.53 Å². The molecule has 0 bridgehead atoms. The summed E-state index contributed by atoms with van der Waals surface area (Å²) in [5.41, 5.74) is 3.50. The summed E-state index contributed by atoms with van der Waals surface area (Å²) in [6.07, 6.45) is 4.90.